The molecule has 0 spiro atoms. The van der Waals surface area contributed by atoms with Crippen LogP contribution in [0.3, 0.4) is 0 Å². The fourth-order valence-corrected chi connectivity index (χ4v) is 6.32. The van der Waals surface area contributed by atoms with E-state index in [0.29, 0.717) is 31.7 Å². The molecule has 0 saturated heterocycles. The SMILES string of the molecule is Cc1ccc(-c2cc(-c3ccc(Cl)cc3)c3c(N)c(C(=O)Nc4ccc(C(=O)/C=C/c5cccs5)cc4)sc3n2)cc1. The van der Waals surface area contributed by atoms with E-state index >= 15 is 0 Å². The second-order valence-corrected chi connectivity index (χ2v) is 12.1. The van der Waals surface area contributed by atoms with E-state index in [2.05, 4.69) is 5.32 Å². The topological polar surface area (TPSA) is 85.1 Å². The van der Waals surface area contributed by atoms with Crippen molar-refractivity contribution in [2.24, 2.45) is 0 Å². The van der Waals surface area contributed by atoms with Crippen LogP contribution >= 0.6 is 34.3 Å². The molecule has 0 fully saturated rings. The molecule has 206 valence electrons. The average molecular weight is 606 g/mol. The van der Waals surface area contributed by atoms with Crippen LogP contribution in [-0.4, -0.2) is 16.7 Å². The molecule has 0 aliphatic heterocycles. The van der Waals surface area contributed by atoms with Crippen LogP contribution in [0, 0.1) is 6.92 Å². The van der Waals surface area contributed by atoms with Crippen molar-refractivity contribution in [3.8, 4) is 22.4 Å². The summed E-state index contributed by atoms with van der Waals surface area (Å²) in [5, 5.41) is 6.23. The summed E-state index contributed by atoms with van der Waals surface area (Å²) >= 11 is 8.98. The van der Waals surface area contributed by atoms with Crippen molar-refractivity contribution in [2.45, 2.75) is 6.92 Å². The van der Waals surface area contributed by atoms with Crippen molar-refractivity contribution in [3.05, 3.63) is 128 Å². The maximum atomic E-state index is 13.4. The summed E-state index contributed by atoms with van der Waals surface area (Å²) in [6, 6.07) is 28.4. The van der Waals surface area contributed by atoms with E-state index in [4.69, 9.17) is 22.3 Å². The van der Waals surface area contributed by atoms with Crippen molar-refractivity contribution in [1.29, 1.82) is 0 Å². The number of anilines is 2. The molecular formula is C34H24ClN3O2S2. The lowest BCUT2D eigenvalue weighted by molar-refractivity contribution is 0.102. The van der Waals surface area contributed by atoms with Gasteiger partial charge >= 0.3 is 0 Å². The average Bonchev–Trinajstić information content (AvgIpc) is 3.64. The number of allylic oxidation sites excluding steroid dienone is 1. The zero-order valence-corrected chi connectivity index (χ0v) is 24.8. The van der Waals surface area contributed by atoms with Gasteiger partial charge in [0.15, 0.2) is 5.78 Å². The summed E-state index contributed by atoms with van der Waals surface area (Å²) in [4.78, 5) is 32.9. The van der Waals surface area contributed by atoms with E-state index in [0.717, 1.165) is 38.2 Å². The molecule has 0 aliphatic rings. The monoisotopic (exact) mass is 605 g/mol. The first-order valence-corrected chi connectivity index (χ1v) is 15.2. The number of fused-ring (bicyclic) bond motifs is 1. The van der Waals surface area contributed by atoms with E-state index in [1.807, 2.05) is 79.0 Å². The van der Waals surface area contributed by atoms with Crippen LogP contribution in [0.25, 0.3) is 38.7 Å². The minimum Gasteiger partial charge on any atom is -0.397 e. The van der Waals surface area contributed by atoms with E-state index in [9.17, 15) is 9.59 Å². The molecule has 0 bridgehead atoms. The molecule has 6 rings (SSSR count). The van der Waals surface area contributed by atoms with Gasteiger partial charge in [0.2, 0.25) is 0 Å². The van der Waals surface area contributed by atoms with Gasteiger partial charge in [0, 0.05) is 32.1 Å². The molecule has 0 unspecified atom stereocenters. The van der Waals surface area contributed by atoms with E-state index in [1.165, 1.54) is 11.3 Å². The standard InChI is InChI=1S/C34H24ClN3O2S2/c1-20-4-6-22(7-5-20)28-19-27(21-8-12-24(35)13-9-21)30-31(36)32(42-34(30)38-28)33(40)37-25-14-10-23(11-15-25)29(39)17-16-26-3-2-18-41-26/h2-19H,36H2,1H3,(H,37,40)/b17-16+. The van der Waals surface area contributed by atoms with Crippen LogP contribution in [0.5, 0.6) is 0 Å². The minimum absolute atomic E-state index is 0.111. The van der Waals surface area contributed by atoms with Crippen LogP contribution in [-0.2, 0) is 0 Å². The highest BCUT2D eigenvalue weighted by Gasteiger charge is 2.22. The van der Waals surface area contributed by atoms with Gasteiger partial charge in [-0.3, -0.25) is 9.59 Å². The molecule has 0 aliphatic carbocycles. The molecule has 5 nitrogen and oxygen atoms in total. The number of hydrogen-bond donors (Lipinski definition) is 2. The van der Waals surface area contributed by atoms with Crippen molar-refractivity contribution in [3.63, 3.8) is 0 Å². The number of carbonyl (C=O) groups is 2. The molecule has 0 atom stereocenters. The highest BCUT2D eigenvalue weighted by Crippen LogP contribution is 2.41. The number of rotatable bonds is 7. The molecular weight excluding hydrogens is 582 g/mol. The number of amides is 1. The number of carbonyl (C=O) groups excluding carboxylic acids is 2. The molecule has 0 saturated carbocycles. The van der Waals surface area contributed by atoms with Gasteiger partial charge in [0.1, 0.15) is 9.71 Å². The van der Waals surface area contributed by atoms with Crippen molar-refractivity contribution in [1.82, 2.24) is 4.98 Å². The summed E-state index contributed by atoms with van der Waals surface area (Å²) in [6.45, 7) is 2.04. The Bertz CT molecular complexity index is 1940. The normalized spacial score (nSPS) is 11.3. The molecule has 42 heavy (non-hydrogen) atoms. The Balaban J connectivity index is 1.32. The van der Waals surface area contributed by atoms with Gasteiger partial charge in [0.25, 0.3) is 5.91 Å². The van der Waals surface area contributed by atoms with Gasteiger partial charge in [-0.1, -0.05) is 59.6 Å². The number of pyridine rings is 1. The van der Waals surface area contributed by atoms with Gasteiger partial charge in [-0.2, -0.15) is 0 Å². The third-order valence-electron chi connectivity index (χ3n) is 6.78. The van der Waals surface area contributed by atoms with Crippen molar-refractivity contribution < 1.29 is 9.59 Å². The predicted molar refractivity (Wildman–Crippen MR) is 177 cm³/mol. The largest absolute Gasteiger partial charge is 0.397 e. The number of ketones is 1. The second kappa shape index (κ2) is 11.7. The zero-order valence-electron chi connectivity index (χ0n) is 22.4. The number of nitrogens with one attached hydrogen (secondary N) is 1. The van der Waals surface area contributed by atoms with E-state index < -0.39 is 0 Å². The highest BCUT2D eigenvalue weighted by molar-refractivity contribution is 7.21. The van der Waals surface area contributed by atoms with E-state index in [1.54, 1.807) is 47.8 Å². The molecule has 6 aromatic rings. The number of nitrogens with two attached hydrogens (primary N) is 1. The van der Waals surface area contributed by atoms with Gasteiger partial charge in [-0.05, 0) is 84.1 Å². The van der Waals surface area contributed by atoms with Crippen LogP contribution in [0.15, 0.2) is 102 Å². The first-order chi connectivity index (χ1) is 20.4. The van der Waals surface area contributed by atoms with Crippen LogP contribution in [0.1, 0.15) is 30.5 Å². The summed E-state index contributed by atoms with van der Waals surface area (Å²) in [5.41, 5.74) is 12.8. The Kier molecular flexibility index (Phi) is 7.71. The van der Waals surface area contributed by atoms with Crippen LogP contribution < -0.4 is 11.1 Å². The molecule has 3 aromatic carbocycles. The Morgan fingerprint density at radius 2 is 1.64 bits per heavy atom. The fraction of sp³-hybridized carbons (Fsp3) is 0.0294. The summed E-state index contributed by atoms with van der Waals surface area (Å²) in [6.07, 6.45) is 3.34. The molecule has 0 radical (unpaired) electrons. The predicted octanol–water partition coefficient (Wildman–Crippen LogP) is 9.38. The van der Waals surface area contributed by atoms with Crippen molar-refractivity contribution in [2.75, 3.05) is 11.1 Å². The van der Waals surface area contributed by atoms with Gasteiger partial charge in [-0.15, -0.1) is 22.7 Å². The third-order valence-corrected chi connectivity index (χ3v) is 8.96. The number of hydrogen-bond acceptors (Lipinski definition) is 6. The first-order valence-electron chi connectivity index (χ1n) is 13.1. The Hall–Kier alpha value is -4.56. The quantitative estimate of drug-likeness (QED) is 0.140. The number of aromatic nitrogens is 1. The number of thiophene rings is 2. The second-order valence-electron chi connectivity index (χ2n) is 9.70. The number of nitrogens with zero attached hydrogens (tertiary/aromatic N) is 1. The molecule has 8 heteroatoms. The number of aryl methyl sites for hydroxylation is 1. The summed E-state index contributed by atoms with van der Waals surface area (Å²) in [5.74, 6) is -0.452. The van der Waals surface area contributed by atoms with Gasteiger partial charge < -0.3 is 11.1 Å². The zero-order chi connectivity index (χ0) is 29.2. The lowest BCUT2D eigenvalue weighted by Crippen LogP contribution is -2.12. The third kappa shape index (κ3) is 5.76. The maximum absolute atomic E-state index is 13.4. The van der Waals surface area contributed by atoms with Gasteiger partial charge in [0.05, 0.1) is 11.4 Å². The Morgan fingerprint density at radius 1 is 0.929 bits per heavy atom. The minimum atomic E-state index is -0.342. The highest BCUT2D eigenvalue weighted by atomic mass is 35.5. The molecule has 3 N–H and O–H groups in total. The molecule has 3 aromatic heterocycles. The number of nitrogen functional groups attached to an aromatic ring is 1. The molecule has 1 amide bonds. The maximum Gasteiger partial charge on any atom is 0.267 e. The smallest absolute Gasteiger partial charge is 0.267 e. The van der Waals surface area contributed by atoms with Gasteiger partial charge in [-0.25, -0.2) is 4.98 Å². The fourth-order valence-electron chi connectivity index (χ4n) is 4.56. The number of benzene rings is 3. The lowest BCUT2D eigenvalue weighted by Gasteiger charge is -2.09. The molecule has 3 heterocycles. The van der Waals surface area contributed by atoms with Crippen LogP contribution in [0.2, 0.25) is 5.02 Å². The van der Waals surface area contributed by atoms with Crippen molar-refractivity contribution >= 4 is 73.6 Å². The van der Waals surface area contributed by atoms with Crippen LogP contribution in [0.4, 0.5) is 11.4 Å². The summed E-state index contributed by atoms with van der Waals surface area (Å²) < 4.78 is 0. The number of halogens is 1. The summed E-state index contributed by atoms with van der Waals surface area (Å²) in [7, 11) is 0. The Morgan fingerprint density at radius 3 is 2.33 bits per heavy atom. The lowest BCUT2D eigenvalue weighted by atomic mass is 9.99. The first kappa shape index (κ1) is 27.6. The van der Waals surface area contributed by atoms with E-state index in [-0.39, 0.29) is 11.7 Å². The Labute approximate surface area is 255 Å².